The molecule has 11 heteroatoms. The van der Waals surface area contributed by atoms with Gasteiger partial charge in [-0.05, 0) is 39.0 Å². The zero-order chi connectivity index (χ0) is 25.2. The quantitative estimate of drug-likeness (QED) is 0.410. The van der Waals surface area contributed by atoms with E-state index in [0.29, 0.717) is 15.7 Å². The van der Waals surface area contributed by atoms with Crippen molar-refractivity contribution in [2.75, 3.05) is 31.8 Å². The highest BCUT2D eigenvalue weighted by atomic mass is 79.9. The first-order chi connectivity index (χ1) is 16.2. The van der Waals surface area contributed by atoms with Gasteiger partial charge in [0, 0.05) is 22.3 Å². The van der Waals surface area contributed by atoms with Gasteiger partial charge in [-0.25, -0.2) is 9.59 Å². The summed E-state index contributed by atoms with van der Waals surface area (Å²) in [6.45, 7) is 5.25. The summed E-state index contributed by atoms with van der Waals surface area (Å²) in [5, 5.41) is 0. The minimum absolute atomic E-state index is 0.0329. The summed E-state index contributed by atoms with van der Waals surface area (Å²) in [5.74, 6) is -3.94. The molecular formula is C23H25BrN2O8. The van der Waals surface area contributed by atoms with Gasteiger partial charge in [0.05, 0.1) is 20.3 Å². The van der Waals surface area contributed by atoms with Crippen LogP contribution in [0.5, 0.6) is 0 Å². The zero-order valence-corrected chi connectivity index (χ0v) is 20.8. The number of benzene rings is 1. The molecule has 1 atom stereocenters. The van der Waals surface area contributed by atoms with Gasteiger partial charge in [-0.3, -0.25) is 9.59 Å². The highest BCUT2D eigenvalue weighted by Gasteiger charge is 2.64. The van der Waals surface area contributed by atoms with Crippen molar-refractivity contribution in [1.82, 2.24) is 0 Å². The zero-order valence-electron chi connectivity index (χ0n) is 19.2. The summed E-state index contributed by atoms with van der Waals surface area (Å²) in [7, 11) is 1.12. The Balaban J connectivity index is 2.48. The Bertz CT molecular complexity index is 1130. The fraction of sp³-hybridized carbons (Fsp3) is 0.391. The fourth-order valence-corrected chi connectivity index (χ4v) is 4.68. The van der Waals surface area contributed by atoms with Gasteiger partial charge < -0.3 is 29.6 Å². The number of ether oxygens (including phenoxy) is 4. The largest absolute Gasteiger partial charge is 0.466 e. The van der Waals surface area contributed by atoms with Crippen molar-refractivity contribution in [2.24, 2.45) is 5.73 Å². The lowest BCUT2D eigenvalue weighted by Crippen LogP contribution is -2.51. The van der Waals surface area contributed by atoms with Crippen LogP contribution in [0.1, 0.15) is 32.8 Å². The molecule has 0 aromatic heterocycles. The van der Waals surface area contributed by atoms with Crippen LogP contribution in [0.3, 0.4) is 0 Å². The van der Waals surface area contributed by atoms with E-state index in [0.717, 1.165) is 7.11 Å². The number of nitrogens with zero attached hydrogens (tertiary/aromatic N) is 1. The van der Waals surface area contributed by atoms with Gasteiger partial charge in [-0.1, -0.05) is 15.9 Å². The maximum absolute atomic E-state index is 14.1. The molecule has 1 spiro atoms. The van der Waals surface area contributed by atoms with Crippen LogP contribution in [-0.2, 0) is 43.5 Å². The number of fused-ring (bicyclic) bond motifs is 2. The summed E-state index contributed by atoms with van der Waals surface area (Å²) >= 11 is 3.40. The Morgan fingerprint density at radius 2 is 1.76 bits per heavy atom. The third-order valence-electron chi connectivity index (χ3n) is 5.52. The Morgan fingerprint density at radius 1 is 1.09 bits per heavy atom. The van der Waals surface area contributed by atoms with Crippen LogP contribution in [-0.4, -0.2) is 50.7 Å². The molecule has 0 radical (unpaired) electrons. The molecule has 1 aromatic rings. The topological polar surface area (TPSA) is 134 Å². The van der Waals surface area contributed by atoms with Crippen LogP contribution < -0.4 is 10.6 Å². The number of carbonyl (C=O) groups is 4. The molecule has 0 saturated heterocycles. The van der Waals surface area contributed by atoms with Crippen molar-refractivity contribution in [3.63, 3.8) is 0 Å². The van der Waals surface area contributed by atoms with Gasteiger partial charge in [0.25, 0.3) is 0 Å². The highest BCUT2D eigenvalue weighted by Crippen LogP contribution is 2.55. The minimum atomic E-state index is -2.06. The molecule has 3 rings (SSSR count). The molecule has 2 N–H and O–H groups in total. The lowest BCUT2D eigenvalue weighted by molar-refractivity contribution is -0.143. The van der Waals surface area contributed by atoms with Crippen LogP contribution in [0.4, 0.5) is 5.69 Å². The number of halogens is 1. The first-order valence-corrected chi connectivity index (χ1v) is 11.4. The van der Waals surface area contributed by atoms with E-state index in [2.05, 4.69) is 15.9 Å². The molecule has 1 amide bonds. The summed E-state index contributed by atoms with van der Waals surface area (Å²) in [6, 6.07) is 5.03. The highest BCUT2D eigenvalue weighted by molar-refractivity contribution is 9.10. The normalized spacial score (nSPS) is 19.2. The predicted octanol–water partition coefficient (Wildman–Crippen LogP) is 2.20. The third kappa shape index (κ3) is 3.83. The summed E-state index contributed by atoms with van der Waals surface area (Å²) < 4.78 is 21.4. The summed E-state index contributed by atoms with van der Waals surface area (Å²) in [5.41, 5.74) is 4.18. The number of hydrogen-bond donors (Lipinski definition) is 1. The average Bonchev–Trinajstić information content (AvgIpc) is 3.01. The van der Waals surface area contributed by atoms with Gasteiger partial charge in [0.15, 0.2) is 0 Å². The van der Waals surface area contributed by atoms with E-state index in [1.54, 1.807) is 39.0 Å². The number of esters is 3. The van der Waals surface area contributed by atoms with Gasteiger partial charge >= 0.3 is 17.9 Å². The molecule has 0 bridgehead atoms. The standard InChI is InChI=1S/C23H25BrN2O8/c1-5-26-14-9-8-12(24)10-13(14)23(22(26)30)17(21(29)33-7-3)15(11-16(27)32-6-2)34-19(25)18(23)20(28)31-4/h8-10H,5-7,11,25H2,1-4H3. The van der Waals surface area contributed by atoms with E-state index in [-0.39, 0.29) is 36.7 Å². The Kier molecular flexibility index (Phi) is 7.35. The van der Waals surface area contributed by atoms with E-state index in [1.807, 2.05) is 0 Å². The number of amides is 1. The minimum Gasteiger partial charge on any atom is -0.466 e. The van der Waals surface area contributed by atoms with Crippen molar-refractivity contribution in [1.29, 1.82) is 0 Å². The number of carbonyl (C=O) groups excluding carboxylic acids is 4. The Hall–Kier alpha value is -3.34. The molecule has 0 fully saturated rings. The third-order valence-corrected chi connectivity index (χ3v) is 6.02. The van der Waals surface area contributed by atoms with Crippen molar-refractivity contribution < 1.29 is 38.1 Å². The van der Waals surface area contributed by atoms with E-state index < -0.39 is 41.5 Å². The van der Waals surface area contributed by atoms with Crippen molar-refractivity contribution in [3.8, 4) is 0 Å². The maximum Gasteiger partial charge on any atom is 0.340 e. The second-order valence-electron chi connectivity index (χ2n) is 7.29. The Labute approximate surface area is 204 Å². The molecule has 1 aromatic carbocycles. The molecule has 182 valence electrons. The predicted molar refractivity (Wildman–Crippen MR) is 123 cm³/mol. The molecule has 2 aliphatic heterocycles. The molecule has 34 heavy (non-hydrogen) atoms. The molecule has 1 unspecified atom stereocenters. The number of nitrogens with two attached hydrogens (primary N) is 1. The number of rotatable bonds is 7. The van der Waals surface area contributed by atoms with Crippen molar-refractivity contribution in [3.05, 3.63) is 51.0 Å². The average molecular weight is 537 g/mol. The lowest BCUT2D eigenvalue weighted by atomic mass is 9.67. The van der Waals surface area contributed by atoms with Crippen LogP contribution >= 0.6 is 15.9 Å². The Morgan fingerprint density at radius 3 is 2.35 bits per heavy atom. The van der Waals surface area contributed by atoms with Crippen molar-refractivity contribution >= 4 is 45.4 Å². The number of likely N-dealkylation sites (N-methyl/N-ethyl adjacent to an activating group) is 1. The SMILES string of the molecule is CCOC(=O)CC1=C(C(=O)OCC)C2(C(=O)N(CC)c3ccc(Br)cc32)C(C(=O)OC)=C(N)O1. The smallest absolute Gasteiger partial charge is 0.340 e. The number of anilines is 1. The van der Waals surface area contributed by atoms with Crippen LogP contribution in [0.2, 0.25) is 0 Å². The molecule has 2 aliphatic rings. The van der Waals surface area contributed by atoms with Crippen LogP contribution in [0, 0.1) is 0 Å². The molecule has 10 nitrogen and oxygen atoms in total. The fourth-order valence-electron chi connectivity index (χ4n) is 4.32. The van der Waals surface area contributed by atoms with Crippen LogP contribution in [0.25, 0.3) is 0 Å². The number of methoxy groups -OCH3 is 1. The van der Waals surface area contributed by atoms with Gasteiger partial charge in [0.1, 0.15) is 28.7 Å². The van der Waals surface area contributed by atoms with Gasteiger partial charge in [-0.15, -0.1) is 0 Å². The van der Waals surface area contributed by atoms with E-state index in [4.69, 9.17) is 24.7 Å². The molecule has 0 aliphatic carbocycles. The van der Waals surface area contributed by atoms with Gasteiger partial charge in [-0.2, -0.15) is 0 Å². The van der Waals surface area contributed by atoms with E-state index >= 15 is 0 Å². The first-order valence-electron chi connectivity index (χ1n) is 10.6. The summed E-state index contributed by atoms with van der Waals surface area (Å²) in [4.78, 5) is 54.4. The lowest BCUT2D eigenvalue weighted by Gasteiger charge is -2.36. The van der Waals surface area contributed by atoms with Gasteiger partial charge in [0.2, 0.25) is 11.8 Å². The maximum atomic E-state index is 14.1. The summed E-state index contributed by atoms with van der Waals surface area (Å²) in [6.07, 6.45) is -0.512. The monoisotopic (exact) mass is 536 g/mol. The molecular weight excluding hydrogens is 512 g/mol. The first kappa shape index (κ1) is 25.3. The van der Waals surface area contributed by atoms with Crippen molar-refractivity contribution in [2.45, 2.75) is 32.6 Å². The number of hydrogen-bond acceptors (Lipinski definition) is 9. The van der Waals surface area contributed by atoms with E-state index in [9.17, 15) is 19.2 Å². The molecule has 2 heterocycles. The second-order valence-corrected chi connectivity index (χ2v) is 8.21. The molecule has 0 saturated carbocycles. The second kappa shape index (κ2) is 9.88. The van der Waals surface area contributed by atoms with Crippen LogP contribution in [0.15, 0.2) is 45.5 Å². The van der Waals surface area contributed by atoms with E-state index in [1.165, 1.54) is 4.90 Å².